The maximum Gasteiger partial charge on any atom is 0.163 e. The third-order valence-corrected chi connectivity index (χ3v) is 6.82. The van der Waals surface area contributed by atoms with Gasteiger partial charge in [-0.2, -0.15) is 0 Å². The van der Waals surface area contributed by atoms with Gasteiger partial charge in [0.15, 0.2) is 5.78 Å². The van der Waals surface area contributed by atoms with E-state index in [-0.39, 0.29) is 18.3 Å². The molecule has 0 radical (unpaired) electrons. The van der Waals surface area contributed by atoms with Crippen LogP contribution in [0.4, 0.5) is 0 Å². The summed E-state index contributed by atoms with van der Waals surface area (Å²) in [7, 11) is 0. The van der Waals surface area contributed by atoms with Crippen LogP contribution in [-0.4, -0.2) is 84.3 Å². The lowest BCUT2D eigenvalue weighted by Crippen LogP contribution is -2.48. The SMILES string of the molecule is O=C1CC(c2ccccc2-c2ccccc2)CC(O)/C1=C\NCCN1CCN(CCO)CC1. The number of β-amino-alcohol motifs (C(OH)–C–C–N with tert-alkyl or cyclic N) is 1. The second-order valence-electron chi connectivity index (χ2n) is 8.99. The van der Waals surface area contributed by atoms with E-state index in [9.17, 15) is 9.90 Å². The Hall–Kier alpha value is -2.51. The first-order valence-electron chi connectivity index (χ1n) is 12.0. The van der Waals surface area contributed by atoms with E-state index >= 15 is 0 Å². The summed E-state index contributed by atoms with van der Waals surface area (Å²) in [5.41, 5.74) is 3.89. The molecule has 2 aromatic carbocycles. The molecule has 0 bridgehead atoms. The molecule has 0 amide bonds. The molecule has 0 spiro atoms. The van der Waals surface area contributed by atoms with E-state index in [0.29, 0.717) is 18.4 Å². The first kappa shape index (κ1) is 23.6. The molecule has 1 saturated carbocycles. The maximum atomic E-state index is 12.9. The van der Waals surface area contributed by atoms with E-state index in [0.717, 1.165) is 62.5 Å². The van der Waals surface area contributed by atoms with Crippen LogP contribution in [-0.2, 0) is 4.79 Å². The second kappa shape index (κ2) is 11.6. The van der Waals surface area contributed by atoms with E-state index in [4.69, 9.17) is 5.11 Å². The van der Waals surface area contributed by atoms with E-state index in [1.807, 2.05) is 30.3 Å². The van der Waals surface area contributed by atoms with Crippen LogP contribution in [0.25, 0.3) is 11.1 Å². The van der Waals surface area contributed by atoms with Crippen molar-refractivity contribution < 1.29 is 15.0 Å². The van der Waals surface area contributed by atoms with Gasteiger partial charge >= 0.3 is 0 Å². The van der Waals surface area contributed by atoms with Gasteiger partial charge < -0.3 is 15.5 Å². The number of hydrogen-bond acceptors (Lipinski definition) is 6. The highest BCUT2D eigenvalue weighted by molar-refractivity contribution is 5.97. The number of piperazine rings is 1. The van der Waals surface area contributed by atoms with Gasteiger partial charge in [0.05, 0.1) is 12.7 Å². The average molecular weight is 450 g/mol. The smallest absolute Gasteiger partial charge is 0.163 e. The zero-order chi connectivity index (χ0) is 23.0. The minimum absolute atomic E-state index is 0.0104. The Morgan fingerprint density at radius 3 is 2.30 bits per heavy atom. The van der Waals surface area contributed by atoms with Gasteiger partial charge in [-0.05, 0) is 29.0 Å². The lowest BCUT2D eigenvalue weighted by molar-refractivity contribution is -0.118. The quantitative estimate of drug-likeness (QED) is 0.424. The van der Waals surface area contributed by atoms with Crippen LogP contribution in [0, 0.1) is 0 Å². The molecule has 1 aliphatic carbocycles. The minimum atomic E-state index is -0.755. The largest absolute Gasteiger partial charge is 0.395 e. The van der Waals surface area contributed by atoms with Crippen LogP contribution >= 0.6 is 0 Å². The van der Waals surface area contributed by atoms with Gasteiger partial charge in [0.25, 0.3) is 0 Å². The lowest BCUT2D eigenvalue weighted by Gasteiger charge is -2.34. The fraction of sp³-hybridized carbons (Fsp3) is 0.444. The molecule has 2 fully saturated rings. The van der Waals surface area contributed by atoms with Gasteiger partial charge in [-0.25, -0.2) is 0 Å². The predicted octanol–water partition coefficient (Wildman–Crippen LogP) is 2.24. The number of Topliss-reactive ketones (excluding diaryl/α,β-unsaturated/α-hetero) is 1. The maximum absolute atomic E-state index is 12.9. The number of aliphatic hydroxyl groups is 2. The van der Waals surface area contributed by atoms with E-state index in [2.05, 4.69) is 39.4 Å². The molecular weight excluding hydrogens is 414 g/mol. The fourth-order valence-electron chi connectivity index (χ4n) is 4.94. The van der Waals surface area contributed by atoms with Gasteiger partial charge in [0.2, 0.25) is 0 Å². The summed E-state index contributed by atoms with van der Waals surface area (Å²) in [4.78, 5) is 17.6. The molecule has 6 nitrogen and oxygen atoms in total. The normalized spacial score (nSPS) is 23.7. The van der Waals surface area contributed by atoms with Crippen molar-refractivity contribution in [2.45, 2.75) is 24.9 Å². The van der Waals surface area contributed by atoms with Gasteiger partial charge in [-0.3, -0.25) is 14.6 Å². The molecule has 1 saturated heterocycles. The highest BCUT2D eigenvalue weighted by atomic mass is 16.3. The van der Waals surface area contributed by atoms with Crippen molar-refractivity contribution in [2.75, 3.05) is 52.4 Å². The number of ketones is 1. The minimum Gasteiger partial charge on any atom is -0.395 e. The monoisotopic (exact) mass is 449 g/mol. The predicted molar refractivity (Wildman–Crippen MR) is 131 cm³/mol. The number of rotatable bonds is 8. The number of aliphatic hydroxyl groups excluding tert-OH is 2. The Bertz CT molecular complexity index is 939. The topological polar surface area (TPSA) is 76.0 Å². The number of nitrogens with zero attached hydrogens (tertiary/aromatic N) is 2. The molecule has 176 valence electrons. The average Bonchev–Trinajstić information content (AvgIpc) is 2.85. The summed E-state index contributed by atoms with van der Waals surface area (Å²) in [6.07, 6.45) is 1.94. The van der Waals surface area contributed by atoms with E-state index in [1.165, 1.54) is 0 Å². The molecule has 6 heteroatoms. The van der Waals surface area contributed by atoms with Crippen LogP contribution in [0.15, 0.2) is 66.4 Å². The van der Waals surface area contributed by atoms with Crippen molar-refractivity contribution in [3.05, 3.63) is 71.9 Å². The summed E-state index contributed by atoms with van der Waals surface area (Å²) in [5.74, 6) is 0.0306. The van der Waals surface area contributed by atoms with Crippen molar-refractivity contribution in [3.63, 3.8) is 0 Å². The van der Waals surface area contributed by atoms with Crippen molar-refractivity contribution in [1.82, 2.24) is 15.1 Å². The zero-order valence-electron chi connectivity index (χ0n) is 19.2. The number of nitrogens with one attached hydrogen (secondary N) is 1. The molecule has 1 aliphatic heterocycles. The Kier molecular flexibility index (Phi) is 8.29. The summed E-state index contributed by atoms with van der Waals surface area (Å²) >= 11 is 0. The fourth-order valence-corrected chi connectivity index (χ4v) is 4.94. The van der Waals surface area contributed by atoms with Crippen LogP contribution in [0.3, 0.4) is 0 Å². The molecule has 2 aromatic rings. The van der Waals surface area contributed by atoms with Crippen molar-refractivity contribution in [2.24, 2.45) is 0 Å². The molecule has 4 rings (SSSR count). The standard InChI is InChI=1S/C27H35N3O3/c31-17-16-30-14-12-29(13-15-30)11-10-28-20-25-26(32)18-22(19-27(25)33)24-9-5-4-8-23(24)21-6-2-1-3-7-21/h1-9,20,22,26,28,31-32H,10-19H2/b25-20+. The van der Waals surface area contributed by atoms with Gasteiger partial charge in [0.1, 0.15) is 0 Å². The van der Waals surface area contributed by atoms with Crippen molar-refractivity contribution in [3.8, 4) is 11.1 Å². The summed E-state index contributed by atoms with van der Waals surface area (Å²) < 4.78 is 0. The van der Waals surface area contributed by atoms with Gasteiger partial charge in [-0.15, -0.1) is 0 Å². The van der Waals surface area contributed by atoms with Gasteiger partial charge in [0, 0.05) is 64.0 Å². The molecule has 33 heavy (non-hydrogen) atoms. The lowest BCUT2D eigenvalue weighted by atomic mass is 9.77. The Morgan fingerprint density at radius 2 is 1.61 bits per heavy atom. The first-order chi connectivity index (χ1) is 16.2. The van der Waals surface area contributed by atoms with Crippen LogP contribution in [0.5, 0.6) is 0 Å². The number of benzene rings is 2. The second-order valence-corrected chi connectivity index (χ2v) is 8.99. The Balaban J connectivity index is 1.32. The first-order valence-corrected chi connectivity index (χ1v) is 12.0. The highest BCUT2D eigenvalue weighted by Gasteiger charge is 2.32. The zero-order valence-corrected chi connectivity index (χ0v) is 19.2. The number of hydrogen-bond donors (Lipinski definition) is 3. The van der Waals surface area contributed by atoms with Gasteiger partial charge in [-0.1, -0.05) is 54.6 Å². The highest BCUT2D eigenvalue weighted by Crippen LogP contribution is 2.38. The number of carbonyl (C=O) groups excluding carboxylic acids is 1. The Morgan fingerprint density at radius 1 is 0.939 bits per heavy atom. The van der Waals surface area contributed by atoms with Crippen molar-refractivity contribution >= 4 is 5.78 Å². The van der Waals surface area contributed by atoms with Crippen LogP contribution < -0.4 is 5.32 Å². The molecule has 2 unspecified atom stereocenters. The van der Waals surface area contributed by atoms with Crippen molar-refractivity contribution in [1.29, 1.82) is 0 Å². The Labute approximate surface area is 196 Å². The third-order valence-electron chi connectivity index (χ3n) is 6.82. The van der Waals surface area contributed by atoms with E-state index in [1.54, 1.807) is 6.20 Å². The van der Waals surface area contributed by atoms with E-state index < -0.39 is 6.10 Å². The molecular formula is C27H35N3O3. The van der Waals surface area contributed by atoms with Crippen LogP contribution in [0.2, 0.25) is 0 Å². The summed E-state index contributed by atoms with van der Waals surface area (Å²) in [6.45, 7) is 6.52. The summed E-state index contributed by atoms with van der Waals surface area (Å²) in [5, 5.41) is 23.1. The molecule has 3 N–H and O–H groups in total. The molecule has 2 atom stereocenters. The van der Waals surface area contributed by atoms with Crippen LogP contribution in [0.1, 0.15) is 24.3 Å². The number of carbonyl (C=O) groups is 1. The molecule has 2 aliphatic rings. The summed E-state index contributed by atoms with van der Waals surface area (Å²) in [6, 6.07) is 18.4. The molecule has 0 aromatic heterocycles. The third kappa shape index (κ3) is 6.09. The molecule has 1 heterocycles.